The summed E-state index contributed by atoms with van der Waals surface area (Å²) in [5, 5.41) is 4.34. The summed E-state index contributed by atoms with van der Waals surface area (Å²) >= 11 is 0.995. The standard InChI is InChI=1S/C23H21F3N2O4S2/c1-13-4-9-16(10-5-13)34(30,31)32-22-19(20(14-6-7-14)27-28(22)2)21(29)17-11-8-15(23(24,25)26)12-18(17)33-3/h4-5,8-12,14H,6-7H2,1-3H3. The highest BCUT2D eigenvalue weighted by molar-refractivity contribution is 7.98. The SMILES string of the molecule is CSc1cc(C(F)(F)F)ccc1C(=O)c1c(C2CC2)nn(C)c1OS(=O)(=O)c1ccc(C)cc1. The number of aromatic nitrogens is 2. The Kier molecular flexibility index (Phi) is 6.28. The summed E-state index contributed by atoms with van der Waals surface area (Å²) in [4.78, 5) is 13.6. The van der Waals surface area contributed by atoms with Crippen molar-refractivity contribution in [3.8, 4) is 5.88 Å². The molecule has 1 aromatic heterocycles. The number of hydrogen-bond donors (Lipinski definition) is 0. The van der Waals surface area contributed by atoms with Crippen molar-refractivity contribution in [1.82, 2.24) is 9.78 Å². The topological polar surface area (TPSA) is 78.3 Å². The van der Waals surface area contributed by atoms with E-state index in [9.17, 15) is 26.4 Å². The lowest BCUT2D eigenvalue weighted by Gasteiger charge is -2.13. The molecular formula is C23H21F3N2O4S2. The van der Waals surface area contributed by atoms with Crippen molar-refractivity contribution in [3.05, 3.63) is 70.4 Å². The van der Waals surface area contributed by atoms with Crippen LogP contribution < -0.4 is 4.18 Å². The molecule has 0 N–H and O–H groups in total. The zero-order valence-electron chi connectivity index (χ0n) is 18.5. The van der Waals surface area contributed by atoms with Crippen LogP contribution in [0.1, 0.15) is 51.5 Å². The van der Waals surface area contributed by atoms with Crippen LogP contribution in [0.3, 0.4) is 0 Å². The summed E-state index contributed by atoms with van der Waals surface area (Å²) in [5.74, 6) is -0.946. The number of aryl methyl sites for hydroxylation is 2. The largest absolute Gasteiger partial charge is 0.416 e. The van der Waals surface area contributed by atoms with E-state index in [2.05, 4.69) is 5.10 Å². The highest BCUT2D eigenvalue weighted by atomic mass is 32.2. The molecule has 0 radical (unpaired) electrons. The van der Waals surface area contributed by atoms with E-state index in [1.165, 1.54) is 23.9 Å². The minimum absolute atomic E-state index is 0.0213. The summed E-state index contributed by atoms with van der Waals surface area (Å²) in [5.41, 5.74) is 0.344. The second-order valence-electron chi connectivity index (χ2n) is 8.06. The normalized spacial score (nSPS) is 14.3. The van der Waals surface area contributed by atoms with Gasteiger partial charge in [0.1, 0.15) is 10.5 Å². The van der Waals surface area contributed by atoms with Crippen LogP contribution >= 0.6 is 11.8 Å². The van der Waals surface area contributed by atoms with Gasteiger partial charge in [0.2, 0.25) is 11.7 Å². The summed E-state index contributed by atoms with van der Waals surface area (Å²) in [6.07, 6.45) is -1.46. The molecule has 1 fully saturated rings. The first-order valence-electron chi connectivity index (χ1n) is 10.3. The smallest absolute Gasteiger partial charge is 0.358 e. The fraction of sp³-hybridized carbons (Fsp3) is 0.304. The third kappa shape index (κ3) is 4.72. The number of carbonyl (C=O) groups excluding carboxylic acids is 1. The molecule has 0 bridgehead atoms. The highest BCUT2D eigenvalue weighted by Gasteiger charge is 2.38. The Labute approximate surface area is 199 Å². The number of ketones is 1. The van der Waals surface area contributed by atoms with Gasteiger partial charge in [-0.3, -0.25) is 4.79 Å². The van der Waals surface area contributed by atoms with Crippen molar-refractivity contribution in [3.63, 3.8) is 0 Å². The minimum Gasteiger partial charge on any atom is -0.358 e. The van der Waals surface area contributed by atoms with Crippen LogP contribution in [-0.2, 0) is 23.3 Å². The van der Waals surface area contributed by atoms with E-state index in [4.69, 9.17) is 4.18 Å². The monoisotopic (exact) mass is 510 g/mol. The maximum absolute atomic E-state index is 13.6. The maximum Gasteiger partial charge on any atom is 0.416 e. The zero-order valence-corrected chi connectivity index (χ0v) is 20.1. The van der Waals surface area contributed by atoms with Gasteiger partial charge in [-0.15, -0.1) is 11.8 Å². The van der Waals surface area contributed by atoms with Crippen molar-refractivity contribution >= 4 is 27.7 Å². The molecule has 0 saturated heterocycles. The van der Waals surface area contributed by atoms with Crippen molar-refractivity contribution in [2.75, 3.05) is 6.26 Å². The van der Waals surface area contributed by atoms with Crippen LogP contribution in [0.25, 0.3) is 0 Å². The van der Waals surface area contributed by atoms with Crippen molar-refractivity contribution in [2.45, 2.75) is 41.7 Å². The first-order chi connectivity index (χ1) is 15.9. The predicted octanol–water partition coefficient (Wildman–Crippen LogP) is 5.35. The second kappa shape index (κ2) is 8.77. The number of benzene rings is 2. The third-order valence-electron chi connectivity index (χ3n) is 5.48. The molecule has 0 spiro atoms. The Morgan fingerprint density at radius 3 is 2.35 bits per heavy atom. The van der Waals surface area contributed by atoms with Crippen LogP contribution in [0.15, 0.2) is 52.3 Å². The molecule has 0 aliphatic heterocycles. The van der Waals surface area contributed by atoms with Crippen molar-refractivity contribution < 1.29 is 30.6 Å². The lowest BCUT2D eigenvalue weighted by molar-refractivity contribution is -0.137. The van der Waals surface area contributed by atoms with Gasteiger partial charge < -0.3 is 4.18 Å². The molecule has 6 nitrogen and oxygen atoms in total. The van der Waals surface area contributed by atoms with Gasteiger partial charge in [-0.05, 0) is 56.4 Å². The van der Waals surface area contributed by atoms with Gasteiger partial charge in [-0.1, -0.05) is 17.7 Å². The average molecular weight is 511 g/mol. The Morgan fingerprint density at radius 1 is 1.15 bits per heavy atom. The van der Waals surface area contributed by atoms with E-state index in [0.717, 1.165) is 48.4 Å². The number of alkyl halides is 3. The molecule has 0 unspecified atom stereocenters. The highest BCUT2D eigenvalue weighted by Crippen LogP contribution is 2.45. The van der Waals surface area contributed by atoms with E-state index in [1.54, 1.807) is 18.4 Å². The average Bonchev–Trinajstić information content (AvgIpc) is 3.57. The Hall–Kier alpha value is -2.79. The quantitative estimate of drug-likeness (QED) is 0.242. The van der Waals surface area contributed by atoms with Gasteiger partial charge in [0.25, 0.3) is 0 Å². The van der Waals surface area contributed by atoms with Gasteiger partial charge in [-0.25, -0.2) is 4.68 Å². The van der Waals surface area contributed by atoms with E-state index in [-0.39, 0.29) is 32.7 Å². The molecule has 3 aromatic rings. The molecule has 11 heteroatoms. The van der Waals surface area contributed by atoms with Crippen LogP contribution in [-0.4, -0.2) is 30.2 Å². The fourth-order valence-corrected chi connectivity index (χ4v) is 5.12. The first kappa shape index (κ1) is 24.3. The fourth-order valence-electron chi connectivity index (χ4n) is 3.53. The number of thioether (sulfide) groups is 1. The van der Waals surface area contributed by atoms with E-state index < -0.39 is 27.6 Å². The number of rotatable bonds is 7. The summed E-state index contributed by atoms with van der Waals surface area (Å²) in [7, 11) is -2.83. The summed E-state index contributed by atoms with van der Waals surface area (Å²) < 4.78 is 72.0. The molecule has 1 aliphatic rings. The van der Waals surface area contributed by atoms with Crippen molar-refractivity contribution in [2.24, 2.45) is 7.05 Å². The molecule has 0 atom stereocenters. The van der Waals surface area contributed by atoms with Crippen LogP contribution in [0.5, 0.6) is 5.88 Å². The molecule has 1 saturated carbocycles. The van der Waals surface area contributed by atoms with Gasteiger partial charge in [0, 0.05) is 23.4 Å². The lowest BCUT2D eigenvalue weighted by Crippen LogP contribution is -2.15. The summed E-state index contributed by atoms with van der Waals surface area (Å²) in [6.45, 7) is 1.81. The van der Waals surface area contributed by atoms with Gasteiger partial charge in [0.05, 0.1) is 11.3 Å². The molecular weight excluding hydrogens is 489 g/mol. The van der Waals surface area contributed by atoms with Crippen molar-refractivity contribution in [1.29, 1.82) is 0 Å². The van der Waals surface area contributed by atoms with E-state index >= 15 is 0 Å². The molecule has 34 heavy (non-hydrogen) atoms. The second-order valence-corrected chi connectivity index (χ2v) is 10.5. The van der Waals surface area contributed by atoms with Crippen LogP contribution in [0, 0.1) is 6.92 Å². The lowest BCUT2D eigenvalue weighted by atomic mass is 10.00. The van der Waals surface area contributed by atoms with Gasteiger partial charge in [-0.2, -0.15) is 26.7 Å². The predicted molar refractivity (Wildman–Crippen MR) is 121 cm³/mol. The third-order valence-corrected chi connectivity index (χ3v) is 7.49. The number of halogens is 3. The molecule has 1 heterocycles. The van der Waals surface area contributed by atoms with Crippen LogP contribution in [0.2, 0.25) is 0 Å². The maximum atomic E-state index is 13.6. The van der Waals surface area contributed by atoms with E-state index in [1.807, 2.05) is 6.92 Å². The molecule has 180 valence electrons. The molecule has 2 aromatic carbocycles. The van der Waals surface area contributed by atoms with E-state index in [0.29, 0.717) is 5.69 Å². The molecule has 1 aliphatic carbocycles. The Morgan fingerprint density at radius 2 is 1.79 bits per heavy atom. The Balaban J connectivity index is 1.81. The minimum atomic E-state index is -4.56. The first-order valence-corrected chi connectivity index (χ1v) is 12.9. The number of carbonyl (C=O) groups is 1. The zero-order chi connectivity index (χ0) is 24.8. The van der Waals surface area contributed by atoms with Gasteiger partial charge >= 0.3 is 16.3 Å². The Bertz CT molecular complexity index is 1360. The number of nitrogens with zero attached hydrogens (tertiary/aromatic N) is 2. The van der Waals surface area contributed by atoms with Gasteiger partial charge in [0.15, 0.2) is 0 Å². The number of hydrogen-bond acceptors (Lipinski definition) is 6. The molecule has 0 amide bonds. The molecule has 4 rings (SSSR count). The summed E-state index contributed by atoms with van der Waals surface area (Å²) in [6, 6.07) is 8.89. The van der Waals surface area contributed by atoms with Crippen LogP contribution in [0.4, 0.5) is 13.2 Å².